The summed E-state index contributed by atoms with van der Waals surface area (Å²) < 4.78 is 1.83. The van der Waals surface area contributed by atoms with E-state index < -0.39 is 6.04 Å². The number of aromatic nitrogens is 3. The third kappa shape index (κ3) is 6.03. The van der Waals surface area contributed by atoms with Gasteiger partial charge in [0.25, 0.3) is 5.91 Å². The summed E-state index contributed by atoms with van der Waals surface area (Å²) in [6, 6.07) is 12.2. The molecule has 1 aromatic heterocycles. The van der Waals surface area contributed by atoms with Gasteiger partial charge in [0, 0.05) is 12.2 Å². The Kier molecular flexibility index (Phi) is 8.30. The molecule has 0 radical (unpaired) electrons. The standard InChI is InChI=1S/C24H26ClN5O2S/c1-5-13-30-22(17(4)26-23(32)18-10-6-7-11-19(18)25)28-29-24(30)33-14-21(31)27-20-12-8-9-15(2)16(20)3/h5-12,17H,1,13-14H2,2-4H3,(H,26,32)(H,27,31)/t17-/m1/s1. The number of benzene rings is 2. The number of amides is 2. The van der Waals surface area contributed by atoms with Crippen molar-refractivity contribution in [3.8, 4) is 0 Å². The van der Waals surface area contributed by atoms with Crippen molar-refractivity contribution in [2.45, 2.75) is 38.5 Å². The minimum absolute atomic E-state index is 0.136. The van der Waals surface area contributed by atoms with Gasteiger partial charge >= 0.3 is 0 Å². The number of hydrogen-bond donors (Lipinski definition) is 2. The lowest BCUT2D eigenvalue weighted by atomic mass is 10.1. The molecule has 0 fully saturated rings. The normalized spacial score (nSPS) is 11.6. The highest BCUT2D eigenvalue weighted by molar-refractivity contribution is 7.99. The minimum Gasteiger partial charge on any atom is -0.342 e. The van der Waals surface area contributed by atoms with Gasteiger partial charge in [-0.15, -0.1) is 16.8 Å². The number of nitrogens with zero attached hydrogens (tertiary/aromatic N) is 3. The fourth-order valence-electron chi connectivity index (χ4n) is 3.22. The predicted octanol–water partition coefficient (Wildman–Crippen LogP) is 4.96. The van der Waals surface area contributed by atoms with Crippen LogP contribution in [0.1, 0.15) is 40.3 Å². The lowest BCUT2D eigenvalue weighted by molar-refractivity contribution is -0.113. The van der Waals surface area contributed by atoms with E-state index in [9.17, 15) is 9.59 Å². The van der Waals surface area contributed by atoms with Crippen LogP contribution in [0.4, 0.5) is 5.69 Å². The molecule has 0 saturated heterocycles. The number of rotatable bonds is 9. The van der Waals surface area contributed by atoms with Crippen LogP contribution in [-0.2, 0) is 11.3 Å². The monoisotopic (exact) mass is 483 g/mol. The third-order valence-electron chi connectivity index (χ3n) is 5.12. The summed E-state index contributed by atoms with van der Waals surface area (Å²) in [4.78, 5) is 25.1. The second kappa shape index (κ2) is 11.2. The average molecular weight is 484 g/mol. The molecule has 2 N–H and O–H groups in total. The lowest BCUT2D eigenvalue weighted by Gasteiger charge is -2.16. The van der Waals surface area contributed by atoms with E-state index in [1.165, 1.54) is 11.8 Å². The molecule has 1 atom stereocenters. The number of halogens is 1. The fourth-order valence-corrected chi connectivity index (χ4v) is 4.19. The molecule has 0 saturated carbocycles. The molecule has 0 unspecified atom stereocenters. The first-order valence-corrected chi connectivity index (χ1v) is 11.8. The first kappa shape index (κ1) is 24.5. The highest BCUT2D eigenvalue weighted by atomic mass is 35.5. The number of carbonyl (C=O) groups excluding carboxylic acids is 2. The number of carbonyl (C=O) groups is 2. The van der Waals surface area contributed by atoms with Gasteiger partial charge < -0.3 is 15.2 Å². The minimum atomic E-state index is -0.431. The Bertz CT molecular complexity index is 1180. The molecule has 1 heterocycles. The molecule has 2 amide bonds. The lowest BCUT2D eigenvalue weighted by Crippen LogP contribution is -2.29. The Labute approximate surface area is 202 Å². The van der Waals surface area contributed by atoms with E-state index in [4.69, 9.17) is 11.6 Å². The van der Waals surface area contributed by atoms with Crippen molar-refractivity contribution < 1.29 is 9.59 Å². The number of thioether (sulfide) groups is 1. The summed E-state index contributed by atoms with van der Waals surface area (Å²) in [6.45, 7) is 10.0. The molecule has 3 rings (SSSR count). The maximum Gasteiger partial charge on any atom is 0.253 e. The molecule has 172 valence electrons. The predicted molar refractivity (Wildman–Crippen MR) is 133 cm³/mol. The van der Waals surface area contributed by atoms with Gasteiger partial charge in [-0.25, -0.2) is 0 Å². The summed E-state index contributed by atoms with van der Waals surface area (Å²) in [5.74, 6) is 0.294. The van der Waals surface area contributed by atoms with E-state index in [-0.39, 0.29) is 17.6 Å². The van der Waals surface area contributed by atoms with Crippen molar-refractivity contribution in [2.24, 2.45) is 0 Å². The zero-order valence-corrected chi connectivity index (χ0v) is 20.3. The van der Waals surface area contributed by atoms with E-state index in [0.717, 1.165) is 16.8 Å². The summed E-state index contributed by atoms with van der Waals surface area (Å²) in [6.07, 6.45) is 1.72. The van der Waals surface area contributed by atoms with Gasteiger partial charge in [0.1, 0.15) is 0 Å². The second-order valence-electron chi connectivity index (χ2n) is 7.50. The maximum atomic E-state index is 12.6. The average Bonchev–Trinajstić information content (AvgIpc) is 3.18. The molecule has 2 aromatic carbocycles. The van der Waals surface area contributed by atoms with Crippen LogP contribution in [0.2, 0.25) is 5.02 Å². The van der Waals surface area contributed by atoms with Gasteiger partial charge in [-0.05, 0) is 50.1 Å². The van der Waals surface area contributed by atoms with Crippen LogP contribution in [0, 0.1) is 13.8 Å². The van der Waals surface area contributed by atoms with Crippen LogP contribution in [0.25, 0.3) is 0 Å². The van der Waals surface area contributed by atoms with Crippen molar-refractivity contribution in [3.05, 3.63) is 82.7 Å². The zero-order chi connectivity index (χ0) is 24.0. The molecule has 0 aliphatic rings. The van der Waals surface area contributed by atoms with Crippen molar-refractivity contribution >= 4 is 40.9 Å². The Hall–Kier alpha value is -3.10. The Morgan fingerprint density at radius 3 is 2.67 bits per heavy atom. The first-order chi connectivity index (χ1) is 15.8. The smallest absolute Gasteiger partial charge is 0.253 e. The molecule has 7 nitrogen and oxygen atoms in total. The summed E-state index contributed by atoms with van der Waals surface area (Å²) in [5, 5.41) is 15.3. The van der Waals surface area contributed by atoms with E-state index in [0.29, 0.717) is 28.1 Å². The number of nitrogens with one attached hydrogen (secondary N) is 2. The van der Waals surface area contributed by atoms with Gasteiger partial charge in [-0.3, -0.25) is 9.59 Å². The Morgan fingerprint density at radius 1 is 1.18 bits per heavy atom. The topological polar surface area (TPSA) is 88.9 Å². The SMILES string of the molecule is C=CCn1c(SCC(=O)Nc2cccc(C)c2C)nnc1[C@@H](C)NC(=O)c1ccccc1Cl. The second-order valence-corrected chi connectivity index (χ2v) is 8.85. The Balaban J connectivity index is 1.69. The van der Waals surface area contributed by atoms with E-state index in [1.807, 2.05) is 43.5 Å². The van der Waals surface area contributed by atoms with Crippen LogP contribution in [0.3, 0.4) is 0 Å². The molecule has 0 spiro atoms. The van der Waals surface area contributed by atoms with Crippen molar-refractivity contribution in [3.63, 3.8) is 0 Å². The number of anilines is 1. The molecule has 3 aromatic rings. The van der Waals surface area contributed by atoms with Crippen LogP contribution in [0.15, 0.2) is 60.3 Å². The summed E-state index contributed by atoms with van der Waals surface area (Å²) in [7, 11) is 0. The van der Waals surface area contributed by atoms with Crippen molar-refractivity contribution in [1.29, 1.82) is 0 Å². The quantitative estimate of drug-likeness (QED) is 0.332. The van der Waals surface area contributed by atoms with Crippen molar-refractivity contribution in [1.82, 2.24) is 20.1 Å². The highest BCUT2D eigenvalue weighted by Crippen LogP contribution is 2.23. The number of allylic oxidation sites excluding steroid dienone is 1. The maximum absolute atomic E-state index is 12.6. The largest absolute Gasteiger partial charge is 0.342 e. The van der Waals surface area contributed by atoms with Crippen LogP contribution in [0.5, 0.6) is 0 Å². The van der Waals surface area contributed by atoms with Gasteiger partial charge in [0.15, 0.2) is 11.0 Å². The molecule has 33 heavy (non-hydrogen) atoms. The molecule has 9 heteroatoms. The van der Waals surface area contributed by atoms with Gasteiger partial charge in [0.05, 0.1) is 22.4 Å². The van der Waals surface area contributed by atoms with E-state index >= 15 is 0 Å². The van der Waals surface area contributed by atoms with Gasteiger partial charge in [-0.1, -0.05) is 53.7 Å². The molecule has 0 bridgehead atoms. The third-order valence-corrected chi connectivity index (χ3v) is 6.42. The van der Waals surface area contributed by atoms with Gasteiger partial charge in [0.2, 0.25) is 5.91 Å². The molecule has 0 aliphatic carbocycles. The molecule has 0 aliphatic heterocycles. The van der Waals surface area contributed by atoms with E-state index in [1.54, 1.807) is 30.3 Å². The zero-order valence-electron chi connectivity index (χ0n) is 18.8. The van der Waals surface area contributed by atoms with Crippen LogP contribution in [-0.4, -0.2) is 32.3 Å². The van der Waals surface area contributed by atoms with Crippen molar-refractivity contribution in [2.75, 3.05) is 11.1 Å². The Morgan fingerprint density at radius 2 is 1.94 bits per heavy atom. The fraction of sp³-hybridized carbons (Fsp3) is 0.250. The van der Waals surface area contributed by atoms with E-state index in [2.05, 4.69) is 27.4 Å². The summed E-state index contributed by atoms with van der Waals surface area (Å²) in [5.41, 5.74) is 3.34. The van der Waals surface area contributed by atoms with Crippen LogP contribution < -0.4 is 10.6 Å². The molecular formula is C24H26ClN5O2S. The van der Waals surface area contributed by atoms with Crippen LogP contribution >= 0.6 is 23.4 Å². The van der Waals surface area contributed by atoms with Gasteiger partial charge in [-0.2, -0.15) is 0 Å². The first-order valence-electron chi connectivity index (χ1n) is 10.4. The number of hydrogen-bond acceptors (Lipinski definition) is 5. The number of aryl methyl sites for hydroxylation is 1. The highest BCUT2D eigenvalue weighted by Gasteiger charge is 2.21. The molecular weight excluding hydrogens is 458 g/mol. The summed E-state index contributed by atoms with van der Waals surface area (Å²) >= 11 is 7.41.